The highest BCUT2D eigenvalue weighted by atomic mass is 32.1. The molecule has 8 nitrogen and oxygen atoms in total. The summed E-state index contributed by atoms with van der Waals surface area (Å²) >= 11 is 1.61. The second kappa shape index (κ2) is 11.6. The molecule has 3 aromatic carbocycles. The number of morpholine rings is 1. The van der Waals surface area contributed by atoms with Crippen LogP contribution in [0.25, 0.3) is 27.6 Å². The van der Waals surface area contributed by atoms with E-state index in [4.69, 9.17) is 14.7 Å². The van der Waals surface area contributed by atoms with E-state index >= 15 is 0 Å². The average molecular weight is 574 g/mol. The molecule has 1 saturated heterocycles. The number of anilines is 4. The average Bonchev–Trinajstić information content (AvgIpc) is 3.64. The Morgan fingerprint density at radius 1 is 0.905 bits per heavy atom. The molecule has 0 bridgehead atoms. The number of thiazole rings is 1. The van der Waals surface area contributed by atoms with Crippen LogP contribution >= 0.6 is 11.3 Å². The van der Waals surface area contributed by atoms with Gasteiger partial charge in [-0.2, -0.15) is 0 Å². The summed E-state index contributed by atoms with van der Waals surface area (Å²) in [5, 5.41) is 8.99. The summed E-state index contributed by atoms with van der Waals surface area (Å²) in [6, 6.07) is 27.3. The molecule has 6 aromatic rings. The predicted octanol–water partition coefficient (Wildman–Crippen LogP) is 7.02. The van der Waals surface area contributed by atoms with Crippen LogP contribution in [0.2, 0.25) is 0 Å². The van der Waals surface area contributed by atoms with E-state index in [-0.39, 0.29) is 0 Å². The third kappa shape index (κ3) is 5.57. The highest BCUT2D eigenvalue weighted by molar-refractivity contribution is 7.15. The van der Waals surface area contributed by atoms with Gasteiger partial charge >= 0.3 is 0 Å². The molecule has 1 fully saturated rings. The quantitative estimate of drug-likeness (QED) is 0.203. The summed E-state index contributed by atoms with van der Waals surface area (Å²) in [6.07, 6.45) is 3.84. The van der Waals surface area contributed by atoms with Gasteiger partial charge in [0.05, 0.1) is 24.6 Å². The van der Waals surface area contributed by atoms with Crippen molar-refractivity contribution in [2.45, 2.75) is 13.5 Å². The number of hydrogen-bond acceptors (Lipinski definition) is 8. The predicted molar refractivity (Wildman–Crippen MR) is 171 cm³/mol. The summed E-state index contributed by atoms with van der Waals surface area (Å²) in [4.78, 5) is 17.7. The van der Waals surface area contributed by atoms with Crippen molar-refractivity contribution in [3.05, 3.63) is 108 Å². The van der Waals surface area contributed by atoms with Gasteiger partial charge < -0.3 is 20.3 Å². The lowest BCUT2D eigenvalue weighted by molar-refractivity contribution is 0.122. The Kier molecular flexibility index (Phi) is 7.25. The smallest absolute Gasteiger partial charge is 0.227 e. The van der Waals surface area contributed by atoms with Crippen LogP contribution in [0.3, 0.4) is 0 Å². The fraction of sp³-hybridized carbons (Fsp3) is 0.182. The van der Waals surface area contributed by atoms with Gasteiger partial charge in [-0.15, -0.1) is 11.3 Å². The van der Waals surface area contributed by atoms with Crippen molar-refractivity contribution in [2.75, 3.05) is 41.8 Å². The summed E-state index contributed by atoms with van der Waals surface area (Å²) in [5.41, 5.74) is 9.33. The fourth-order valence-electron chi connectivity index (χ4n) is 5.18. The summed E-state index contributed by atoms with van der Waals surface area (Å²) in [6.45, 7) is 6.21. The molecule has 210 valence electrons. The molecule has 4 heterocycles. The van der Waals surface area contributed by atoms with Gasteiger partial charge in [0.1, 0.15) is 5.69 Å². The number of nitrogens with zero attached hydrogens (tertiary/aromatic N) is 5. The molecule has 9 heteroatoms. The van der Waals surface area contributed by atoms with Crippen molar-refractivity contribution in [1.29, 1.82) is 0 Å². The molecule has 0 saturated carbocycles. The second-order valence-electron chi connectivity index (χ2n) is 10.3. The summed E-state index contributed by atoms with van der Waals surface area (Å²) in [5.74, 6) is 0.538. The van der Waals surface area contributed by atoms with Crippen molar-refractivity contribution in [2.24, 2.45) is 0 Å². The first kappa shape index (κ1) is 26.2. The van der Waals surface area contributed by atoms with Crippen molar-refractivity contribution in [1.82, 2.24) is 19.4 Å². The number of nitrogens with one attached hydrogen (secondary N) is 2. The Balaban J connectivity index is 1.15. The van der Waals surface area contributed by atoms with Crippen LogP contribution in [0.4, 0.5) is 23.0 Å². The molecule has 0 amide bonds. The van der Waals surface area contributed by atoms with Gasteiger partial charge in [-0.05, 0) is 55.0 Å². The summed E-state index contributed by atoms with van der Waals surface area (Å²) in [7, 11) is 0. The van der Waals surface area contributed by atoms with E-state index in [1.165, 1.54) is 16.8 Å². The van der Waals surface area contributed by atoms with Crippen LogP contribution in [0, 0.1) is 6.92 Å². The highest BCUT2D eigenvalue weighted by Gasteiger charge is 2.19. The second-order valence-corrected chi connectivity index (χ2v) is 11.2. The molecule has 7 rings (SSSR count). The largest absolute Gasteiger partial charge is 0.381 e. The minimum atomic E-state index is 0.538. The molecule has 0 spiro atoms. The molecule has 42 heavy (non-hydrogen) atoms. The van der Waals surface area contributed by atoms with Gasteiger partial charge in [0.15, 0.2) is 4.96 Å². The monoisotopic (exact) mass is 573 g/mol. The maximum Gasteiger partial charge on any atom is 0.227 e. The number of fused-ring (bicyclic) bond motifs is 1. The molecule has 3 aromatic heterocycles. The minimum Gasteiger partial charge on any atom is -0.381 e. The zero-order chi connectivity index (χ0) is 28.3. The van der Waals surface area contributed by atoms with Crippen molar-refractivity contribution in [3.8, 4) is 22.6 Å². The van der Waals surface area contributed by atoms with Crippen LogP contribution in [-0.2, 0) is 11.3 Å². The molecule has 0 radical (unpaired) electrons. The number of ether oxygens (including phenoxy) is 1. The molecular weight excluding hydrogens is 542 g/mol. The van der Waals surface area contributed by atoms with Crippen molar-refractivity contribution in [3.63, 3.8) is 0 Å². The number of imidazole rings is 1. The topological polar surface area (TPSA) is 79.6 Å². The molecule has 0 aliphatic carbocycles. The van der Waals surface area contributed by atoms with Crippen LogP contribution < -0.4 is 15.5 Å². The van der Waals surface area contributed by atoms with E-state index in [9.17, 15) is 0 Å². The Morgan fingerprint density at radius 3 is 2.57 bits per heavy atom. The highest BCUT2D eigenvalue weighted by Crippen LogP contribution is 2.35. The van der Waals surface area contributed by atoms with Crippen LogP contribution in [-0.4, -0.2) is 45.7 Å². The number of rotatable bonds is 8. The first-order chi connectivity index (χ1) is 20.7. The molecular formula is C33H31N7OS. The minimum absolute atomic E-state index is 0.538. The Labute approximate surface area is 248 Å². The van der Waals surface area contributed by atoms with Gasteiger partial charge in [0.2, 0.25) is 5.95 Å². The van der Waals surface area contributed by atoms with E-state index < -0.39 is 0 Å². The molecule has 0 unspecified atom stereocenters. The van der Waals surface area contributed by atoms with Gasteiger partial charge in [-0.1, -0.05) is 42.0 Å². The SMILES string of the molecule is Cc1ccc(CNc2cccc(-c3nc4sccn4c3-c3ccnc(Nc4ccc(N5CCOCC5)cc4)n3)c2)cc1. The van der Waals surface area contributed by atoms with Gasteiger partial charge in [-0.25, -0.2) is 15.0 Å². The maximum atomic E-state index is 5.48. The van der Waals surface area contributed by atoms with E-state index in [1.807, 2.05) is 17.6 Å². The Bertz CT molecular complexity index is 1810. The zero-order valence-electron chi connectivity index (χ0n) is 23.3. The van der Waals surface area contributed by atoms with E-state index in [1.54, 1.807) is 17.5 Å². The first-order valence-corrected chi connectivity index (χ1v) is 15.0. The Morgan fingerprint density at radius 2 is 1.74 bits per heavy atom. The van der Waals surface area contributed by atoms with Crippen LogP contribution in [0.5, 0.6) is 0 Å². The lowest BCUT2D eigenvalue weighted by Gasteiger charge is -2.28. The molecule has 1 aliphatic heterocycles. The first-order valence-electron chi connectivity index (χ1n) is 14.1. The molecule has 1 aliphatic rings. The summed E-state index contributed by atoms with van der Waals surface area (Å²) < 4.78 is 7.59. The third-order valence-corrected chi connectivity index (χ3v) is 8.17. The van der Waals surface area contributed by atoms with E-state index in [2.05, 4.69) is 105 Å². The molecule has 0 atom stereocenters. The van der Waals surface area contributed by atoms with Crippen molar-refractivity contribution < 1.29 is 4.74 Å². The lowest BCUT2D eigenvalue weighted by atomic mass is 10.1. The maximum absolute atomic E-state index is 5.48. The normalized spacial score (nSPS) is 13.4. The number of benzene rings is 3. The van der Waals surface area contributed by atoms with Gasteiger partial charge in [-0.3, -0.25) is 4.40 Å². The Hall–Kier alpha value is -4.73. The number of aryl methyl sites for hydroxylation is 1. The van der Waals surface area contributed by atoms with Crippen LogP contribution in [0.1, 0.15) is 11.1 Å². The van der Waals surface area contributed by atoms with Crippen LogP contribution in [0.15, 0.2) is 96.6 Å². The van der Waals surface area contributed by atoms with E-state index in [0.717, 1.165) is 71.8 Å². The standard InChI is InChI=1S/C33H31N7OS/c1-23-5-7-24(8-6-23)22-35-27-4-2-3-25(21-27)30-31(40-17-20-42-33(40)38-30)29-13-14-34-32(37-29)36-26-9-11-28(12-10-26)39-15-18-41-19-16-39/h2-14,17,20-21,35H,15-16,18-19,22H2,1H3,(H,34,36,37). The fourth-order valence-corrected chi connectivity index (χ4v) is 5.89. The zero-order valence-corrected chi connectivity index (χ0v) is 24.1. The number of aromatic nitrogens is 4. The lowest BCUT2D eigenvalue weighted by Crippen LogP contribution is -2.36. The van der Waals surface area contributed by atoms with Crippen molar-refractivity contribution >= 4 is 39.3 Å². The van der Waals surface area contributed by atoms with Gasteiger partial charge in [0, 0.05) is 60.0 Å². The number of hydrogen-bond donors (Lipinski definition) is 2. The molecule has 2 N–H and O–H groups in total. The van der Waals surface area contributed by atoms with E-state index in [0.29, 0.717) is 5.95 Å². The van der Waals surface area contributed by atoms with Gasteiger partial charge in [0.25, 0.3) is 0 Å². The third-order valence-electron chi connectivity index (χ3n) is 7.41.